The van der Waals surface area contributed by atoms with Gasteiger partial charge in [0.25, 0.3) is 0 Å². The molecule has 0 bridgehead atoms. The molecular formula is C13H20N4O2. The molecule has 2 rings (SSSR count). The first-order chi connectivity index (χ1) is 9.09. The molecule has 1 saturated heterocycles. The Balaban J connectivity index is 2.14. The molecule has 6 nitrogen and oxygen atoms in total. The van der Waals surface area contributed by atoms with Crippen molar-refractivity contribution in [3.8, 4) is 0 Å². The van der Waals surface area contributed by atoms with Crippen LogP contribution < -0.4 is 10.6 Å². The number of rotatable bonds is 4. The third-order valence-electron chi connectivity index (χ3n) is 3.72. The van der Waals surface area contributed by atoms with Gasteiger partial charge in [-0.2, -0.15) is 0 Å². The Bertz CT molecular complexity index is 458. The zero-order valence-electron chi connectivity index (χ0n) is 11.3. The summed E-state index contributed by atoms with van der Waals surface area (Å²) in [4.78, 5) is 14.9. The molecule has 0 amide bonds. The van der Waals surface area contributed by atoms with Crippen LogP contribution in [-0.2, 0) is 0 Å². The van der Waals surface area contributed by atoms with Gasteiger partial charge in [-0.05, 0) is 51.8 Å². The van der Waals surface area contributed by atoms with Gasteiger partial charge < -0.3 is 10.6 Å². The summed E-state index contributed by atoms with van der Waals surface area (Å²) in [5.41, 5.74) is 0.717. The molecule has 2 N–H and O–H groups in total. The molecule has 0 radical (unpaired) electrons. The minimum atomic E-state index is -0.365. The lowest BCUT2D eigenvalue weighted by atomic mass is 9.93. The smallest absolute Gasteiger partial charge is 0.314 e. The van der Waals surface area contributed by atoms with E-state index in [1.807, 2.05) is 0 Å². The molecule has 0 spiro atoms. The van der Waals surface area contributed by atoms with E-state index >= 15 is 0 Å². The molecule has 1 aliphatic rings. The van der Waals surface area contributed by atoms with Crippen molar-refractivity contribution in [2.75, 3.05) is 18.4 Å². The second-order valence-corrected chi connectivity index (χ2v) is 5.12. The number of pyridine rings is 1. The highest BCUT2D eigenvalue weighted by molar-refractivity contribution is 5.60. The van der Waals surface area contributed by atoms with Gasteiger partial charge in [0.05, 0.1) is 4.92 Å². The van der Waals surface area contributed by atoms with Crippen molar-refractivity contribution in [3.63, 3.8) is 0 Å². The van der Waals surface area contributed by atoms with Gasteiger partial charge in [0.2, 0.25) is 5.82 Å². The maximum Gasteiger partial charge on any atom is 0.314 e. The van der Waals surface area contributed by atoms with Crippen molar-refractivity contribution < 1.29 is 4.92 Å². The van der Waals surface area contributed by atoms with Crippen LogP contribution in [0.25, 0.3) is 0 Å². The second kappa shape index (κ2) is 5.97. The predicted molar refractivity (Wildman–Crippen MR) is 74.3 cm³/mol. The zero-order chi connectivity index (χ0) is 13.8. The number of anilines is 1. The maximum absolute atomic E-state index is 11.1. The Hall–Kier alpha value is -1.69. The van der Waals surface area contributed by atoms with E-state index in [1.165, 1.54) is 0 Å². The van der Waals surface area contributed by atoms with Gasteiger partial charge >= 0.3 is 5.69 Å². The fourth-order valence-corrected chi connectivity index (χ4v) is 2.53. The van der Waals surface area contributed by atoms with E-state index in [-0.39, 0.29) is 16.7 Å². The molecule has 2 unspecified atom stereocenters. The van der Waals surface area contributed by atoms with Crippen LogP contribution >= 0.6 is 0 Å². The van der Waals surface area contributed by atoms with Crippen molar-refractivity contribution in [2.45, 2.75) is 32.7 Å². The fraction of sp³-hybridized carbons (Fsp3) is 0.615. The first-order valence-electron chi connectivity index (χ1n) is 6.67. The Morgan fingerprint density at radius 3 is 3.05 bits per heavy atom. The molecule has 0 aliphatic carbocycles. The van der Waals surface area contributed by atoms with Crippen molar-refractivity contribution in [1.82, 2.24) is 10.3 Å². The van der Waals surface area contributed by atoms with Crippen molar-refractivity contribution >= 4 is 11.5 Å². The monoisotopic (exact) mass is 264 g/mol. The lowest BCUT2D eigenvalue weighted by Gasteiger charge is -2.29. The highest BCUT2D eigenvalue weighted by Gasteiger charge is 2.24. The Morgan fingerprint density at radius 1 is 1.63 bits per heavy atom. The van der Waals surface area contributed by atoms with Gasteiger partial charge in [0.1, 0.15) is 0 Å². The molecule has 0 aromatic carbocycles. The van der Waals surface area contributed by atoms with Gasteiger partial charge in [0.15, 0.2) is 0 Å². The van der Waals surface area contributed by atoms with Crippen LogP contribution in [0.2, 0.25) is 0 Å². The number of nitro groups is 1. The quantitative estimate of drug-likeness (QED) is 0.643. The number of nitrogens with zero attached hydrogens (tertiary/aromatic N) is 2. The fourth-order valence-electron chi connectivity index (χ4n) is 2.53. The predicted octanol–water partition coefficient (Wildman–Crippen LogP) is 2.10. The molecule has 1 aromatic heterocycles. The van der Waals surface area contributed by atoms with Crippen LogP contribution in [0, 0.1) is 23.0 Å². The molecular weight excluding hydrogens is 244 g/mol. The SMILES string of the molecule is Cc1ccnc(NC(C)C2CCCNC2)c1[N+](=O)[O-]. The molecule has 2 atom stereocenters. The molecule has 19 heavy (non-hydrogen) atoms. The van der Waals surface area contributed by atoms with Crippen LogP contribution in [0.15, 0.2) is 12.3 Å². The summed E-state index contributed by atoms with van der Waals surface area (Å²) in [6.07, 6.45) is 3.90. The number of hydrogen-bond acceptors (Lipinski definition) is 5. The van der Waals surface area contributed by atoms with E-state index in [9.17, 15) is 10.1 Å². The largest absolute Gasteiger partial charge is 0.362 e. The van der Waals surface area contributed by atoms with E-state index in [0.717, 1.165) is 25.9 Å². The van der Waals surface area contributed by atoms with E-state index in [1.54, 1.807) is 19.2 Å². The third kappa shape index (κ3) is 3.20. The van der Waals surface area contributed by atoms with E-state index in [4.69, 9.17) is 0 Å². The summed E-state index contributed by atoms with van der Waals surface area (Å²) >= 11 is 0. The molecule has 1 aliphatic heterocycles. The summed E-state index contributed by atoms with van der Waals surface area (Å²) in [5.74, 6) is 0.860. The topological polar surface area (TPSA) is 80.1 Å². The number of piperidine rings is 1. The lowest BCUT2D eigenvalue weighted by molar-refractivity contribution is -0.384. The molecule has 104 valence electrons. The summed E-state index contributed by atoms with van der Waals surface area (Å²) < 4.78 is 0. The average molecular weight is 264 g/mol. The number of aromatic nitrogens is 1. The Labute approximate surface area is 112 Å². The van der Waals surface area contributed by atoms with E-state index in [0.29, 0.717) is 17.3 Å². The standard InChI is InChI=1S/C13H20N4O2/c1-9-5-7-15-13(12(9)17(18)19)16-10(2)11-4-3-6-14-8-11/h5,7,10-11,14H,3-4,6,8H2,1-2H3,(H,15,16). The van der Waals surface area contributed by atoms with Crippen LogP contribution in [0.3, 0.4) is 0 Å². The second-order valence-electron chi connectivity index (χ2n) is 5.12. The first-order valence-corrected chi connectivity index (χ1v) is 6.67. The average Bonchev–Trinajstić information content (AvgIpc) is 2.39. The summed E-state index contributed by atoms with van der Waals surface area (Å²) in [5, 5.41) is 17.7. The van der Waals surface area contributed by atoms with Crippen LogP contribution in [-0.4, -0.2) is 29.0 Å². The Morgan fingerprint density at radius 2 is 2.42 bits per heavy atom. The first kappa shape index (κ1) is 13.7. The number of nitrogens with one attached hydrogen (secondary N) is 2. The summed E-state index contributed by atoms with van der Waals surface area (Å²) in [7, 11) is 0. The third-order valence-corrected chi connectivity index (χ3v) is 3.72. The van der Waals surface area contributed by atoms with Gasteiger partial charge in [-0.3, -0.25) is 10.1 Å². The zero-order valence-corrected chi connectivity index (χ0v) is 11.3. The number of hydrogen-bond donors (Lipinski definition) is 2. The summed E-state index contributed by atoms with van der Waals surface area (Å²) in [6.45, 7) is 5.81. The minimum Gasteiger partial charge on any atom is -0.362 e. The van der Waals surface area contributed by atoms with Crippen molar-refractivity contribution in [3.05, 3.63) is 27.9 Å². The van der Waals surface area contributed by atoms with Gasteiger partial charge in [-0.25, -0.2) is 4.98 Å². The number of aryl methyl sites for hydroxylation is 1. The molecule has 2 heterocycles. The van der Waals surface area contributed by atoms with Crippen LogP contribution in [0.5, 0.6) is 0 Å². The molecule has 1 aromatic rings. The van der Waals surface area contributed by atoms with Crippen LogP contribution in [0.1, 0.15) is 25.3 Å². The lowest BCUT2D eigenvalue weighted by Crippen LogP contribution is -2.39. The van der Waals surface area contributed by atoms with Crippen molar-refractivity contribution in [1.29, 1.82) is 0 Å². The van der Waals surface area contributed by atoms with E-state index in [2.05, 4.69) is 22.5 Å². The highest BCUT2D eigenvalue weighted by atomic mass is 16.6. The van der Waals surface area contributed by atoms with Gasteiger partial charge in [-0.15, -0.1) is 0 Å². The normalized spacial score (nSPS) is 20.8. The van der Waals surface area contributed by atoms with E-state index < -0.39 is 0 Å². The molecule has 0 saturated carbocycles. The summed E-state index contributed by atoms with van der Waals surface area (Å²) in [6, 6.07) is 1.83. The van der Waals surface area contributed by atoms with Gasteiger partial charge in [-0.1, -0.05) is 0 Å². The Kier molecular flexibility index (Phi) is 4.31. The van der Waals surface area contributed by atoms with Gasteiger partial charge in [0, 0.05) is 17.8 Å². The van der Waals surface area contributed by atoms with Crippen molar-refractivity contribution in [2.24, 2.45) is 5.92 Å². The van der Waals surface area contributed by atoms with Crippen LogP contribution in [0.4, 0.5) is 11.5 Å². The minimum absolute atomic E-state index is 0.0816. The molecule has 1 fully saturated rings. The highest BCUT2D eigenvalue weighted by Crippen LogP contribution is 2.27. The maximum atomic E-state index is 11.1. The molecule has 6 heteroatoms.